The van der Waals surface area contributed by atoms with Gasteiger partial charge in [0.2, 0.25) is 0 Å². The van der Waals surface area contributed by atoms with Gasteiger partial charge in [-0.05, 0) is 50.3 Å². The molecule has 1 aliphatic rings. The van der Waals surface area contributed by atoms with E-state index in [-0.39, 0.29) is 0 Å². The molecule has 0 N–H and O–H groups in total. The van der Waals surface area contributed by atoms with Crippen LogP contribution in [0.5, 0.6) is 0 Å². The minimum absolute atomic E-state index is 0.815. The highest BCUT2D eigenvalue weighted by Crippen LogP contribution is 2.33. The third-order valence-corrected chi connectivity index (χ3v) is 5.99. The van der Waals surface area contributed by atoms with Crippen LogP contribution in [0.3, 0.4) is 0 Å². The average Bonchev–Trinajstić information content (AvgIpc) is 2.40. The van der Waals surface area contributed by atoms with Gasteiger partial charge < -0.3 is 0 Å². The number of nitrogens with zero attached hydrogens (tertiary/aromatic N) is 1. The van der Waals surface area contributed by atoms with Gasteiger partial charge in [0, 0.05) is 6.42 Å². The second-order valence-corrected chi connectivity index (χ2v) is 7.61. The Balaban J connectivity index is 2.11. The number of thioether (sulfide) groups is 2. The predicted octanol–water partition coefficient (Wildman–Crippen LogP) is 4.09. The zero-order chi connectivity index (χ0) is 13.1. The molecule has 1 aliphatic heterocycles. The highest BCUT2D eigenvalue weighted by atomic mass is 32.2. The quantitative estimate of drug-likeness (QED) is 0.649. The lowest BCUT2D eigenvalue weighted by Crippen LogP contribution is -2.25. The van der Waals surface area contributed by atoms with Crippen LogP contribution in [0.4, 0.5) is 0 Å². The maximum Gasteiger partial charge on any atom is 0.0601 e. The fraction of sp³-hybridized carbons (Fsp3) is 0.867. The molecule has 1 saturated heterocycles. The van der Waals surface area contributed by atoms with E-state index in [1.165, 1.54) is 50.3 Å². The summed E-state index contributed by atoms with van der Waals surface area (Å²) in [4.78, 5) is 2.47. The number of hydrogen-bond acceptors (Lipinski definition) is 3. The van der Waals surface area contributed by atoms with Gasteiger partial charge in [-0.3, -0.25) is 4.90 Å². The molecule has 18 heavy (non-hydrogen) atoms. The fourth-order valence-electron chi connectivity index (χ4n) is 2.05. The van der Waals surface area contributed by atoms with Crippen LogP contribution in [0, 0.1) is 11.8 Å². The first-order valence-electron chi connectivity index (χ1n) is 7.28. The lowest BCUT2D eigenvalue weighted by molar-refractivity contribution is 0.308. The smallest absolute Gasteiger partial charge is 0.0601 e. The van der Waals surface area contributed by atoms with Gasteiger partial charge in [0.05, 0.1) is 11.1 Å². The molecular weight excluding hydrogens is 258 g/mol. The Labute approximate surface area is 122 Å². The minimum Gasteiger partial charge on any atom is -0.292 e. The minimum atomic E-state index is 0.815. The average molecular weight is 286 g/mol. The topological polar surface area (TPSA) is 3.24 Å². The highest BCUT2D eigenvalue weighted by molar-refractivity contribution is 8.17. The molecule has 104 valence electrons. The van der Waals surface area contributed by atoms with Gasteiger partial charge in [-0.15, -0.1) is 29.4 Å². The summed E-state index contributed by atoms with van der Waals surface area (Å²) < 4.78 is 0.815. The maximum atomic E-state index is 3.36. The van der Waals surface area contributed by atoms with Gasteiger partial charge in [0.15, 0.2) is 0 Å². The molecule has 0 aliphatic carbocycles. The first kappa shape index (κ1) is 16.3. The van der Waals surface area contributed by atoms with Crippen LogP contribution >= 0.6 is 23.5 Å². The molecule has 0 spiro atoms. The second-order valence-electron chi connectivity index (χ2n) is 4.69. The van der Waals surface area contributed by atoms with Gasteiger partial charge in [-0.25, -0.2) is 0 Å². The standard InChI is InChI=1S/C15H27NS2/c1-3-10-16(11-4-2)12-7-5-6-9-15-17-13-8-14-18-15/h15H,3-4,6,8-14H2,1-2H3. The van der Waals surface area contributed by atoms with Crippen LogP contribution < -0.4 is 0 Å². The lowest BCUT2D eigenvalue weighted by atomic mass is 10.3. The van der Waals surface area contributed by atoms with Crippen molar-refractivity contribution in [2.45, 2.75) is 50.5 Å². The van der Waals surface area contributed by atoms with Gasteiger partial charge in [-0.1, -0.05) is 19.8 Å². The van der Waals surface area contributed by atoms with E-state index in [9.17, 15) is 0 Å². The zero-order valence-electron chi connectivity index (χ0n) is 11.9. The summed E-state index contributed by atoms with van der Waals surface area (Å²) in [6.07, 6.45) is 6.20. The van der Waals surface area contributed by atoms with Crippen molar-refractivity contribution in [1.29, 1.82) is 0 Å². The Morgan fingerprint density at radius 1 is 1.06 bits per heavy atom. The van der Waals surface area contributed by atoms with Crippen molar-refractivity contribution in [3.8, 4) is 11.8 Å². The molecule has 1 heterocycles. The molecule has 1 nitrogen and oxygen atoms in total. The zero-order valence-corrected chi connectivity index (χ0v) is 13.5. The SMILES string of the molecule is CCCN(CC#CCCC1SCCCS1)CCC. The Morgan fingerprint density at radius 2 is 1.72 bits per heavy atom. The molecule has 0 aromatic carbocycles. The summed E-state index contributed by atoms with van der Waals surface area (Å²) in [5, 5.41) is 0. The number of hydrogen-bond donors (Lipinski definition) is 0. The van der Waals surface area contributed by atoms with Crippen LogP contribution in [-0.4, -0.2) is 40.6 Å². The predicted molar refractivity (Wildman–Crippen MR) is 87.4 cm³/mol. The lowest BCUT2D eigenvalue weighted by Gasteiger charge is -2.19. The van der Waals surface area contributed by atoms with Crippen molar-refractivity contribution in [2.24, 2.45) is 0 Å². The van der Waals surface area contributed by atoms with Gasteiger partial charge in [-0.2, -0.15) is 0 Å². The Bertz CT molecular complexity index is 245. The van der Waals surface area contributed by atoms with E-state index in [1.807, 2.05) is 0 Å². The van der Waals surface area contributed by atoms with E-state index >= 15 is 0 Å². The van der Waals surface area contributed by atoms with Crippen molar-refractivity contribution in [1.82, 2.24) is 4.90 Å². The molecule has 0 bridgehead atoms. The van der Waals surface area contributed by atoms with E-state index in [0.717, 1.165) is 17.5 Å². The normalized spacial score (nSPS) is 16.6. The van der Waals surface area contributed by atoms with Gasteiger partial charge in [0.25, 0.3) is 0 Å². The fourth-order valence-corrected chi connectivity index (χ4v) is 4.91. The van der Waals surface area contributed by atoms with Gasteiger partial charge in [0.1, 0.15) is 0 Å². The highest BCUT2D eigenvalue weighted by Gasteiger charge is 2.12. The largest absolute Gasteiger partial charge is 0.292 e. The Morgan fingerprint density at radius 3 is 2.33 bits per heavy atom. The number of rotatable bonds is 7. The van der Waals surface area contributed by atoms with Gasteiger partial charge >= 0.3 is 0 Å². The van der Waals surface area contributed by atoms with Crippen LogP contribution in [0.25, 0.3) is 0 Å². The first-order chi connectivity index (χ1) is 8.86. The summed E-state index contributed by atoms with van der Waals surface area (Å²) in [5.74, 6) is 9.42. The molecule has 0 atom stereocenters. The molecule has 0 saturated carbocycles. The Hall–Kier alpha value is 0.220. The molecule has 0 radical (unpaired) electrons. The molecule has 1 rings (SSSR count). The van der Waals surface area contributed by atoms with E-state index in [1.54, 1.807) is 0 Å². The summed E-state index contributed by atoms with van der Waals surface area (Å²) in [6, 6.07) is 0. The van der Waals surface area contributed by atoms with E-state index in [0.29, 0.717) is 0 Å². The second kappa shape index (κ2) is 11.1. The summed E-state index contributed by atoms with van der Waals surface area (Å²) in [5.41, 5.74) is 0. The first-order valence-corrected chi connectivity index (χ1v) is 9.37. The van der Waals surface area contributed by atoms with Crippen molar-refractivity contribution in [3.63, 3.8) is 0 Å². The molecule has 0 unspecified atom stereocenters. The third-order valence-electron chi connectivity index (χ3n) is 2.91. The van der Waals surface area contributed by atoms with E-state index < -0.39 is 0 Å². The van der Waals surface area contributed by atoms with Crippen molar-refractivity contribution in [2.75, 3.05) is 31.1 Å². The molecular formula is C15H27NS2. The maximum absolute atomic E-state index is 3.36. The van der Waals surface area contributed by atoms with Crippen molar-refractivity contribution in [3.05, 3.63) is 0 Å². The van der Waals surface area contributed by atoms with Crippen LogP contribution in [-0.2, 0) is 0 Å². The molecule has 0 amide bonds. The molecule has 1 fully saturated rings. The summed E-state index contributed by atoms with van der Waals surface area (Å²) >= 11 is 4.26. The molecule has 0 aromatic rings. The molecule has 0 aromatic heterocycles. The molecule has 3 heteroatoms. The van der Waals surface area contributed by atoms with E-state index in [4.69, 9.17) is 0 Å². The van der Waals surface area contributed by atoms with Crippen molar-refractivity contribution >= 4 is 23.5 Å². The summed E-state index contributed by atoms with van der Waals surface area (Å²) in [7, 11) is 0. The van der Waals surface area contributed by atoms with Crippen molar-refractivity contribution < 1.29 is 0 Å². The third kappa shape index (κ3) is 7.61. The Kier molecular flexibility index (Phi) is 10.0. The van der Waals surface area contributed by atoms with Crippen LogP contribution in [0.2, 0.25) is 0 Å². The monoisotopic (exact) mass is 285 g/mol. The van der Waals surface area contributed by atoms with E-state index in [2.05, 4.69) is 54.1 Å². The van der Waals surface area contributed by atoms with Crippen LogP contribution in [0.15, 0.2) is 0 Å². The van der Waals surface area contributed by atoms with Crippen LogP contribution in [0.1, 0.15) is 46.0 Å². The summed E-state index contributed by atoms with van der Waals surface area (Å²) in [6.45, 7) is 7.83.